The molecule has 2 bridgehead atoms. The number of para-hydroxylation sites is 1. The van der Waals surface area contributed by atoms with Gasteiger partial charge in [0.05, 0.1) is 7.11 Å². The van der Waals surface area contributed by atoms with Crippen molar-refractivity contribution in [2.75, 3.05) is 7.11 Å². The molecule has 1 heterocycles. The summed E-state index contributed by atoms with van der Waals surface area (Å²) in [6, 6.07) is 10.6. The summed E-state index contributed by atoms with van der Waals surface area (Å²) in [6.07, 6.45) is 7.07. The zero-order valence-corrected chi connectivity index (χ0v) is 16.9. The van der Waals surface area contributed by atoms with Gasteiger partial charge in [0.25, 0.3) is 0 Å². The largest absolute Gasteiger partial charge is 0.507 e. The molecular weight excluding hydrogens is 380 g/mol. The van der Waals surface area contributed by atoms with Gasteiger partial charge < -0.3 is 19.3 Å². The summed E-state index contributed by atoms with van der Waals surface area (Å²) >= 11 is 0. The predicted molar refractivity (Wildman–Crippen MR) is 110 cm³/mol. The summed E-state index contributed by atoms with van der Waals surface area (Å²) in [5.41, 5.74) is 2.63. The molecule has 2 aromatic carbocycles. The van der Waals surface area contributed by atoms with Crippen LogP contribution in [-0.4, -0.2) is 24.3 Å². The van der Waals surface area contributed by atoms with Crippen LogP contribution in [0.3, 0.4) is 0 Å². The second kappa shape index (κ2) is 6.27. The van der Waals surface area contributed by atoms with Gasteiger partial charge in [-0.15, -0.1) is 0 Å². The Morgan fingerprint density at radius 3 is 2.93 bits per heavy atom. The van der Waals surface area contributed by atoms with Crippen LogP contribution in [0.25, 0.3) is 0 Å². The van der Waals surface area contributed by atoms with E-state index in [1.807, 2.05) is 12.1 Å². The number of phenols is 1. The minimum atomic E-state index is -0.552. The van der Waals surface area contributed by atoms with Crippen molar-refractivity contribution < 1.29 is 24.1 Å². The number of phenolic OH excluding ortho intramolecular Hbond substituents is 1. The first-order valence-corrected chi connectivity index (χ1v) is 10.7. The SMILES string of the molecule is COc1ccc2c3c1OC1C(OC(=O)c4ccccc4O)=CCC4C(CCCC314)C2. The third kappa shape index (κ3) is 2.21. The van der Waals surface area contributed by atoms with Crippen molar-refractivity contribution in [1.29, 1.82) is 0 Å². The summed E-state index contributed by atoms with van der Waals surface area (Å²) < 4.78 is 18.0. The van der Waals surface area contributed by atoms with Crippen LogP contribution < -0.4 is 9.47 Å². The maximum atomic E-state index is 12.8. The monoisotopic (exact) mass is 404 g/mol. The number of allylic oxidation sites excluding steroid dienone is 1. The topological polar surface area (TPSA) is 65.0 Å². The number of carbonyl (C=O) groups is 1. The number of rotatable bonds is 3. The maximum Gasteiger partial charge on any atom is 0.347 e. The molecule has 6 rings (SSSR count). The first-order chi connectivity index (χ1) is 14.6. The van der Waals surface area contributed by atoms with E-state index in [0.717, 1.165) is 37.2 Å². The molecule has 1 saturated carbocycles. The smallest absolute Gasteiger partial charge is 0.347 e. The molecule has 4 aliphatic rings. The molecule has 1 aliphatic heterocycles. The molecular formula is C25H24O5. The standard InChI is InChI=1S/C25H24O5/c1-28-19-10-8-15-13-14-5-4-12-25-17(14)9-11-20(23(25)30-22(19)21(15)25)29-24(27)16-6-2-3-7-18(16)26/h2-3,6-8,10-11,14,17,23,26H,4-5,9,12-13H2,1H3. The lowest BCUT2D eigenvalue weighted by molar-refractivity contribution is -0.00141. The lowest BCUT2D eigenvalue weighted by Gasteiger charge is -2.53. The summed E-state index contributed by atoms with van der Waals surface area (Å²) in [7, 11) is 1.67. The van der Waals surface area contributed by atoms with E-state index in [2.05, 4.69) is 6.07 Å². The first kappa shape index (κ1) is 17.9. The van der Waals surface area contributed by atoms with E-state index in [0.29, 0.717) is 17.6 Å². The molecule has 0 radical (unpaired) electrons. The zero-order chi connectivity index (χ0) is 20.5. The Hall–Kier alpha value is -2.95. The molecule has 0 amide bonds. The van der Waals surface area contributed by atoms with Crippen molar-refractivity contribution in [3.63, 3.8) is 0 Å². The highest BCUT2D eigenvalue weighted by atomic mass is 16.6. The fourth-order valence-electron chi connectivity index (χ4n) is 6.51. The third-order valence-corrected chi connectivity index (χ3v) is 7.64. The van der Waals surface area contributed by atoms with Gasteiger partial charge in [-0.2, -0.15) is 0 Å². The van der Waals surface area contributed by atoms with Crippen LogP contribution in [0, 0.1) is 11.8 Å². The van der Waals surface area contributed by atoms with Crippen LogP contribution in [0.2, 0.25) is 0 Å². The van der Waals surface area contributed by atoms with E-state index >= 15 is 0 Å². The minimum absolute atomic E-state index is 0.0788. The normalized spacial score (nSPS) is 30.0. The van der Waals surface area contributed by atoms with Gasteiger partial charge in [0, 0.05) is 11.0 Å². The number of esters is 1. The van der Waals surface area contributed by atoms with Crippen molar-refractivity contribution in [2.24, 2.45) is 11.8 Å². The van der Waals surface area contributed by atoms with Gasteiger partial charge in [0.15, 0.2) is 17.6 Å². The van der Waals surface area contributed by atoms with Crippen LogP contribution in [0.4, 0.5) is 0 Å². The Morgan fingerprint density at radius 2 is 2.10 bits per heavy atom. The molecule has 5 nitrogen and oxygen atoms in total. The van der Waals surface area contributed by atoms with Crippen LogP contribution in [0.1, 0.15) is 47.2 Å². The summed E-state index contributed by atoms with van der Waals surface area (Å²) in [6.45, 7) is 0. The van der Waals surface area contributed by atoms with Gasteiger partial charge in [0.1, 0.15) is 17.1 Å². The molecule has 2 aromatic rings. The number of ether oxygens (including phenoxy) is 3. The average molecular weight is 404 g/mol. The number of benzene rings is 2. The quantitative estimate of drug-likeness (QED) is 0.762. The molecule has 4 unspecified atom stereocenters. The van der Waals surface area contributed by atoms with Gasteiger partial charge in [-0.3, -0.25) is 0 Å². The van der Waals surface area contributed by atoms with Crippen LogP contribution in [0.15, 0.2) is 48.2 Å². The van der Waals surface area contributed by atoms with Crippen LogP contribution in [-0.2, 0) is 16.6 Å². The van der Waals surface area contributed by atoms with E-state index < -0.39 is 5.97 Å². The number of methoxy groups -OCH3 is 1. The zero-order valence-electron chi connectivity index (χ0n) is 16.9. The van der Waals surface area contributed by atoms with Crippen molar-refractivity contribution in [3.05, 3.63) is 64.9 Å². The highest BCUT2D eigenvalue weighted by Crippen LogP contribution is 2.65. The lowest BCUT2D eigenvalue weighted by atomic mass is 9.49. The number of carbonyl (C=O) groups excluding carboxylic acids is 1. The minimum Gasteiger partial charge on any atom is -0.507 e. The second-order valence-electron chi connectivity index (χ2n) is 8.88. The van der Waals surface area contributed by atoms with Gasteiger partial charge in [-0.1, -0.05) is 24.6 Å². The van der Waals surface area contributed by atoms with E-state index in [-0.39, 0.29) is 22.8 Å². The Balaban J connectivity index is 1.44. The van der Waals surface area contributed by atoms with E-state index in [4.69, 9.17) is 14.2 Å². The first-order valence-electron chi connectivity index (χ1n) is 10.7. The predicted octanol–water partition coefficient (Wildman–Crippen LogP) is 4.52. The molecule has 5 heteroatoms. The number of hydrogen-bond acceptors (Lipinski definition) is 5. The van der Waals surface area contributed by atoms with Crippen LogP contribution >= 0.6 is 0 Å². The molecule has 0 aromatic heterocycles. The lowest BCUT2D eigenvalue weighted by Crippen LogP contribution is -2.55. The van der Waals surface area contributed by atoms with E-state index in [9.17, 15) is 9.90 Å². The summed E-state index contributed by atoms with van der Waals surface area (Å²) in [5.74, 6) is 2.61. The molecule has 1 fully saturated rings. The van der Waals surface area contributed by atoms with Gasteiger partial charge in [0.2, 0.25) is 0 Å². The Morgan fingerprint density at radius 1 is 1.23 bits per heavy atom. The molecule has 1 spiro atoms. The van der Waals surface area contributed by atoms with Crippen molar-refractivity contribution in [3.8, 4) is 17.2 Å². The van der Waals surface area contributed by atoms with Gasteiger partial charge in [-0.05, 0) is 67.4 Å². The number of aromatic hydroxyl groups is 1. The van der Waals surface area contributed by atoms with Crippen molar-refractivity contribution in [1.82, 2.24) is 0 Å². The van der Waals surface area contributed by atoms with Gasteiger partial charge >= 0.3 is 5.97 Å². The third-order valence-electron chi connectivity index (χ3n) is 7.64. The fourth-order valence-corrected chi connectivity index (χ4v) is 6.51. The molecule has 154 valence electrons. The average Bonchev–Trinajstić information content (AvgIpc) is 3.09. The summed E-state index contributed by atoms with van der Waals surface area (Å²) in [5, 5.41) is 10.1. The number of hydrogen-bond donors (Lipinski definition) is 1. The van der Waals surface area contributed by atoms with Crippen LogP contribution in [0.5, 0.6) is 17.2 Å². The highest BCUT2D eigenvalue weighted by Gasteiger charge is 2.63. The fraction of sp³-hybridized carbons (Fsp3) is 0.400. The molecule has 30 heavy (non-hydrogen) atoms. The van der Waals surface area contributed by atoms with E-state index in [1.54, 1.807) is 25.3 Å². The van der Waals surface area contributed by atoms with Crippen molar-refractivity contribution in [2.45, 2.75) is 43.6 Å². The second-order valence-corrected chi connectivity index (χ2v) is 8.88. The molecule has 0 saturated heterocycles. The highest BCUT2D eigenvalue weighted by molar-refractivity contribution is 5.93. The van der Waals surface area contributed by atoms with Crippen molar-refractivity contribution >= 4 is 5.97 Å². The molecule has 3 aliphatic carbocycles. The maximum absolute atomic E-state index is 12.8. The van der Waals surface area contributed by atoms with Gasteiger partial charge in [-0.25, -0.2) is 4.79 Å². The molecule has 1 N–H and O–H groups in total. The Labute approximate surface area is 175 Å². The Kier molecular flexibility index (Phi) is 3.74. The van der Waals surface area contributed by atoms with E-state index in [1.165, 1.54) is 23.6 Å². The summed E-state index contributed by atoms with van der Waals surface area (Å²) in [4.78, 5) is 12.8. The molecule has 4 atom stereocenters. The Bertz CT molecular complexity index is 1090.